The number of rotatable bonds is 0. The molecule has 0 aromatic heterocycles. The minimum absolute atomic E-state index is 0. The first-order valence-corrected chi connectivity index (χ1v) is 0. The maximum absolute atomic E-state index is 0. The maximum atomic E-state index is 0. The Balaban J connectivity index is 0. The molecule has 0 aromatic carbocycles. The summed E-state index contributed by atoms with van der Waals surface area (Å²) in [6.07, 6.45) is 0. The average molecular weight is 303 g/mol. The van der Waals surface area contributed by atoms with Crippen LogP contribution in [0.15, 0.2) is 0 Å². The van der Waals surface area contributed by atoms with Gasteiger partial charge in [-0.1, -0.05) is 0 Å². The smallest absolute Gasteiger partial charge is 1.00 e. The predicted molar refractivity (Wildman–Crippen MR) is 28.5 cm³/mol. The molecule has 0 spiro atoms. The van der Waals surface area contributed by atoms with Crippen molar-refractivity contribution in [3.05, 3.63) is 0 Å². The van der Waals surface area contributed by atoms with Crippen LogP contribution in [0.2, 0.25) is 0 Å². The quantitative estimate of drug-likeness (QED) is 0.384. The van der Waals surface area contributed by atoms with Crippen molar-refractivity contribution >= 4 is 45.5 Å². The summed E-state index contributed by atoms with van der Waals surface area (Å²) in [7, 11) is 0. The van der Waals surface area contributed by atoms with Crippen LogP contribution in [0, 0.1) is 0 Å². The molecule has 72 valence electrons. The Bertz CT molecular complexity index is 17.8. The van der Waals surface area contributed by atoms with Gasteiger partial charge in [0.15, 0.2) is 0 Å². The number of halogens is 3. The summed E-state index contributed by atoms with van der Waals surface area (Å²) in [4.78, 5) is 0. The first kappa shape index (κ1) is 336. The van der Waals surface area contributed by atoms with E-state index in [0.29, 0.717) is 0 Å². The Morgan fingerprint density at radius 1 is 0.400 bits per heavy atom. The largest absolute Gasteiger partial charge is 2.00 e. The van der Waals surface area contributed by atoms with Gasteiger partial charge < -0.3 is 70.1 Å². The van der Waals surface area contributed by atoms with Gasteiger partial charge in [0.2, 0.25) is 0 Å². The molecule has 0 amide bonds. The van der Waals surface area contributed by atoms with E-state index in [1.807, 2.05) is 0 Å². The molecule has 0 bridgehead atoms. The van der Waals surface area contributed by atoms with E-state index in [2.05, 4.69) is 0 Å². The SMILES string of the molecule is O.O.O.O.O.O.[Cl-].[Cl-].[Cl-].[H+].[Sr+2]. The molecule has 0 rings (SSSR count). The fourth-order valence-electron chi connectivity index (χ4n) is 0. The van der Waals surface area contributed by atoms with Crippen LogP contribution in [0.5, 0.6) is 0 Å². The molecule has 0 saturated heterocycles. The molecular weight excluding hydrogens is 290 g/mol. The van der Waals surface area contributed by atoms with Gasteiger partial charge in [0.1, 0.15) is 0 Å². The summed E-state index contributed by atoms with van der Waals surface area (Å²) >= 11 is 0. The molecule has 0 unspecified atom stereocenters. The molecule has 0 atom stereocenters. The first-order valence-electron chi connectivity index (χ1n) is 0. The summed E-state index contributed by atoms with van der Waals surface area (Å²) < 4.78 is 0. The van der Waals surface area contributed by atoms with Gasteiger partial charge in [0, 0.05) is 0 Å². The topological polar surface area (TPSA) is 189 Å². The van der Waals surface area contributed by atoms with Crippen molar-refractivity contribution in [2.24, 2.45) is 0 Å². The Labute approximate surface area is 116 Å². The molecule has 0 aromatic rings. The van der Waals surface area contributed by atoms with E-state index in [1.54, 1.807) is 0 Å². The second-order valence-corrected chi connectivity index (χ2v) is 0. The molecule has 0 heterocycles. The van der Waals surface area contributed by atoms with Crippen LogP contribution < -0.4 is 37.2 Å². The van der Waals surface area contributed by atoms with E-state index >= 15 is 0 Å². The molecule has 0 aliphatic carbocycles. The molecule has 0 radical (unpaired) electrons. The van der Waals surface area contributed by atoms with Gasteiger partial charge in [-0.3, -0.25) is 0 Å². The van der Waals surface area contributed by atoms with Crippen molar-refractivity contribution < 1.29 is 71.5 Å². The molecule has 12 N–H and O–H groups in total. The Kier molecular flexibility index (Phi) is 8560. The molecule has 0 aliphatic rings. The molecule has 10 heavy (non-hydrogen) atoms. The summed E-state index contributed by atoms with van der Waals surface area (Å²) in [5, 5.41) is 0. The molecule has 6 nitrogen and oxygen atoms in total. The maximum Gasteiger partial charge on any atom is 2.00 e. The van der Waals surface area contributed by atoms with Gasteiger partial charge in [-0.05, 0) is 0 Å². The van der Waals surface area contributed by atoms with Crippen molar-refractivity contribution in [3.63, 3.8) is 0 Å². The summed E-state index contributed by atoms with van der Waals surface area (Å²) in [6.45, 7) is 0. The Hall–Kier alpha value is 2.11. The Morgan fingerprint density at radius 3 is 0.400 bits per heavy atom. The standard InChI is InChI=1S/3ClH.6H2O.Sr/h3*1H;6*1H2;/q;;;;;;;;;+2/p-2. The second-order valence-electron chi connectivity index (χ2n) is 0. The zero-order chi connectivity index (χ0) is 0. The fourth-order valence-corrected chi connectivity index (χ4v) is 0. The molecule has 0 aliphatic heterocycles. The third kappa shape index (κ3) is 188. The van der Waals surface area contributed by atoms with E-state index in [-0.39, 0.29) is 117 Å². The average Bonchev–Trinajstić information content (AvgIpc) is 0. The van der Waals surface area contributed by atoms with Gasteiger partial charge in [-0.2, -0.15) is 0 Å². The van der Waals surface area contributed by atoms with Gasteiger partial charge in [-0.25, -0.2) is 0 Å². The van der Waals surface area contributed by atoms with Crippen molar-refractivity contribution in [3.8, 4) is 0 Å². The van der Waals surface area contributed by atoms with Gasteiger partial charge in [-0.15, -0.1) is 0 Å². The first-order chi connectivity index (χ1) is 0. The van der Waals surface area contributed by atoms with Crippen LogP contribution in [0.4, 0.5) is 0 Å². The van der Waals surface area contributed by atoms with Gasteiger partial charge in [0.25, 0.3) is 0 Å². The molecular formula is H13Cl3O6Sr. The van der Waals surface area contributed by atoms with Crippen LogP contribution >= 0.6 is 0 Å². The van der Waals surface area contributed by atoms with Crippen LogP contribution in [0.25, 0.3) is 0 Å². The van der Waals surface area contributed by atoms with Crippen molar-refractivity contribution in [1.82, 2.24) is 0 Å². The monoisotopic (exact) mass is 302 g/mol. The minimum Gasteiger partial charge on any atom is -1.00 e. The summed E-state index contributed by atoms with van der Waals surface area (Å²) in [6, 6.07) is 0. The van der Waals surface area contributed by atoms with Crippen LogP contribution in [-0.4, -0.2) is 78.3 Å². The minimum atomic E-state index is 0. The van der Waals surface area contributed by atoms with Crippen LogP contribution in [0.1, 0.15) is 1.43 Å². The summed E-state index contributed by atoms with van der Waals surface area (Å²) in [5.74, 6) is 0. The Morgan fingerprint density at radius 2 is 0.400 bits per heavy atom. The summed E-state index contributed by atoms with van der Waals surface area (Å²) in [5.41, 5.74) is 0. The van der Waals surface area contributed by atoms with E-state index in [4.69, 9.17) is 0 Å². The van der Waals surface area contributed by atoms with Crippen LogP contribution in [0.3, 0.4) is 0 Å². The fraction of sp³-hybridized carbons (Fsp3) is 0. The van der Waals surface area contributed by atoms with Gasteiger partial charge >= 0.3 is 46.9 Å². The van der Waals surface area contributed by atoms with E-state index in [9.17, 15) is 0 Å². The van der Waals surface area contributed by atoms with E-state index < -0.39 is 0 Å². The molecule has 10 heteroatoms. The number of hydrogen-bond donors (Lipinski definition) is 0. The molecule has 0 fully saturated rings. The van der Waals surface area contributed by atoms with Crippen LogP contribution in [-0.2, 0) is 0 Å². The second kappa shape index (κ2) is 255. The molecule has 0 saturated carbocycles. The third-order valence-electron chi connectivity index (χ3n) is 0. The van der Waals surface area contributed by atoms with Crippen molar-refractivity contribution in [2.75, 3.05) is 0 Å². The van der Waals surface area contributed by atoms with E-state index in [1.165, 1.54) is 0 Å². The van der Waals surface area contributed by atoms with E-state index in [0.717, 1.165) is 0 Å². The van der Waals surface area contributed by atoms with Crippen molar-refractivity contribution in [2.45, 2.75) is 0 Å². The predicted octanol–water partition coefficient (Wildman–Crippen LogP) is -14.2. The van der Waals surface area contributed by atoms with Gasteiger partial charge in [0.05, 0.1) is 0 Å². The zero-order valence-corrected chi connectivity index (χ0v) is 10.6. The zero-order valence-electron chi connectivity index (χ0n) is 5.84. The van der Waals surface area contributed by atoms with Crippen molar-refractivity contribution in [1.29, 1.82) is 0 Å². The number of hydrogen-bond acceptors (Lipinski definition) is 0. The third-order valence-corrected chi connectivity index (χ3v) is 0. The normalized spacial score (nSPS) is 0.